The summed E-state index contributed by atoms with van der Waals surface area (Å²) in [7, 11) is 1.48. The Morgan fingerprint density at radius 1 is 1.37 bits per heavy atom. The summed E-state index contributed by atoms with van der Waals surface area (Å²) >= 11 is 12.1. The molecule has 102 valence electrons. The van der Waals surface area contributed by atoms with E-state index in [1.165, 1.54) is 19.5 Å². The Kier molecular flexibility index (Phi) is 4.32. The first-order valence-corrected chi connectivity index (χ1v) is 6.76. The number of halogens is 2. The predicted molar refractivity (Wildman–Crippen MR) is 77.5 cm³/mol. The molecule has 0 aliphatic rings. The van der Waals surface area contributed by atoms with E-state index in [4.69, 9.17) is 27.9 Å². The standard InChI is InChI=1S/C13H14Cl2N2O2/c1-3-4-5-17-7-16-11-10(13(17)18)8(14)6-9(15)12(11)19-2/h6-7H,3-5H2,1-2H3. The van der Waals surface area contributed by atoms with E-state index in [2.05, 4.69) is 11.9 Å². The fourth-order valence-electron chi connectivity index (χ4n) is 1.92. The lowest BCUT2D eigenvalue weighted by atomic mass is 10.2. The minimum atomic E-state index is -0.168. The number of fused-ring (bicyclic) bond motifs is 1. The molecule has 0 atom stereocenters. The minimum Gasteiger partial charge on any atom is -0.493 e. The molecule has 0 spiro atoms. The first-order chi connectivity index (χ1) is 9.10. The van der Waals surface area contributed by atoms with Gasteiger partial charge in [-0.2, -0.15) is 0 Å². The van der Waals surface area contributed by atoms with Crippen molar-refractivity contribution < 1.29 is 4.74 Å². The molecule has 2 aromatic rings. The van der Waals surface area contributed by atoms with Gasteiger partial charge in [0.1, 0.15) is 5.52 Å². The smallest absolute Gasteiger partial charge is 0.262 e. The molecule has 0 radical (unpaired) electrons. The zero-order valence-electron chi connectivity index (χ0n) is 10.7. The highest BCUT2D eigenvalue weighted by Gasteiger charge is 2.16. The van der Waals surface area contributed by atoms with Crippen molar-refractivity contribution in [3.63, 3.8) is 0 Å². The summed E-state index contributed by atoms with van der Waals surface area (Å²) in [6, 6.07) is 1.51. The van der Waals surface area contributed by atoms with Crippen molar-refractivity contribution in [3.8, 4) is 5.75 Å². The Bertz CT molecular complexity index is 668. The van der Waals surface area contributed by atoms with E-state index in [9.17, 15) is 4.79 Å². The van der Waals surface area contributed by atoms with Crippen molar-refractivity contribution in [1.82, 2.24) is 9.55 Å². The molecule has 0 amide bonds. The van der Waals surface area contributed by atoms with Crippen molar-refractivity contribution in [2.24, 2.45) is 0 Å². The van der Waals surface area contributed by atoms with E-state index < -0.39 is 0 Å². The highest BCUT2D eigenvalue weighted by atomic mass is 35.5. The first kappa shape index (κ1) is 14.2. The minimum absolute atomic E-state index is 0.168. The molecule has 0 aliphatic heterocycles. The van der Waals surface area contributed by atoms with E-state index in [0.717, 1.165) is 12.8 Å². The normalized spacial score (nSPS) is 10.9. The molecule has 0 saturated carbocycles. The summed E-state index contributed by atoms with van der Waals surface area (Å²) in [4.78, 5) is 16.6. The third-order valence-corrected chi connectivity index (χ3v) is 3.50. The van der Waals surface area contributed by atoms with Crippen LogP contribution in [0.4, 0.5) is 0 Å². The van der Waals surface area contributed by atoms with Gasteiger partial charge in [-0.3, -0.25) is 9.36 Å². The Morgan fingerprint density at radius 2 is 2.11 bits per heavy atom. The fraction of sp³-hybridized carbons (Fsp3) is 0.385. The maximum atomic E-state index is 12.4. The molecule has 0 saturated heterocycles. The van der Waals surface area contributed by atoms with Gasteiger partial charge in [0, 0.05) is 6.54 Å². The Labute approximate surface area is 120 Å². The third-order valence-electron chi connectivity index (χ3n) is 2.92. The molecule has 2 rings (SSSR count). The summed E-state index contributed by atoms with van der Waals surface area (Å²) in [6.45, 7) is 2.69. The lowest BCUT2D eigenvalue weighted by molar-refractivity contribution is 0.419. The van der Waals surface area contributed by atoms with Crippen LogP contribution in [0, 0.1) is 0 Å². The molecule has 19 heavy (non-hydrogen) atoms. The van der Waals surface area contributed by atoms with Crippen LogP contribution in [0.25, 0.3) is 10.9 Å². The van der Waals surface area contributed by atoms with Gasteiger partial charge < -0.3 is 4.74 Å². The molecule has 1 aromatic carbocycles. The van der Waals surface area contributed by atoms with Crippen LogP contribution in [-0.2, 0) is 6.54 Å². The maximum absolute atomic E-state index is 12.4. The second-order valence-corrected chi connectivity index (χ2v) is 5.01. The molecule has 0 aliphatic carbocycles. The molecule has 0 bridgehead atoms. The summed E-state index contributed by atoms with van der Waals surface area (Å²) in [6.07, 6.45) is 3.42. The SMILES string of the molecule is CCCCn1cnc2c(OC)c(Cl)cc(Cl)c2c1=O. The van der Waals surface area contributed by atoms with Crippen molar-refractivity contribution in [2.75, 3.05) is 7.11 Å². The van der Waals surface area contributed by atoms with E-state index in [-0.39, 0.29) is 5.56 Å². The number of aromatic nitrogens is 2. The van der Waals surface area contributed by atoms with Gasteiger partial charge in [-0.25, -0.2) is 4.98 Å². The van der Waals surface area contributed by atoms with Crippen LogP contribution in [0.15, 0.2) is 17.2 Å². The number of hydrogen-bond acceptors (Lipinski definition) is 3. The average molecular weight is 301 g/mol. The first-order valence-electron chi connectivity index (χ1n) is 6.01. The summed E-state index contributed by atoms with van der Waals surface area (Å²) in [5, 5.41) is 0.990. The van der Waals surface area contributed by atoms with Crippen LogP contribution >= 0.6 is 23.2 Å². The molecule has 1 heterocycles. The lowest BCUT2D eigenvalue weighted by Gasteiger charge is -2.10. The second kappa shape index (κ2) is 5.80. The summed E-state index contributed by atoms with van der Waals surface area (Å²) < 4.78 is 6.75. The van der Waals surface area contributed by atoms with Gasteiger partial charge in [0.2, 0.25) is 0 Å². The molecule has 0 fully saturated rings. The van der Waals surface area contributed by atoms with Crippen molar-refractivity contribution >= 4 is 34.1 Å². The number of benzene rings is 1. The van der Waals surface area contributed by atoms with Crippen molar-refractivity contribution in [1.29, 1.82) is 0 Å². The second-order valence-electron chi connectivity index (χ2n) is 4.19. The highest BCUT2D eigenvalue weighted by Crippen LogP contribution is 2.35. The number of rotatable bonds is 4. The van der Waals surface area contributed by atoms with Gasteiger partial charge in [0.25, 0.3) is 5.56 Å². The Morgan fingerprint density at radius 3 is 2.74 bits per heavy atom. The van der Waals surface area contributed by atoms with E-state index in [0.29, 0.717) is 33.2 Å². The molecular formula is C13H14Cl2N2O2. The van der Waals surface area contributed by atoms with Crippen LogP contribution in [0.2, 0.25) is 10.0 Å². The van der Waals surface area contributed by atoms with Crippen LogP contribution in [0.3, 0.4) is 0 Å². The Hall–Kier alpha value is -1.26. The van der Waals surface area contributed by atoms with Crippen LogP contribution < -0.4 is 10.3 Å². The van der Waals surface area contributed by atoms with Gasteiger partial charge >= 0.3 is 0 Å². The van der Waals surface area contributed by atoms with Gasteiger partial charge in [0.05, 0.1) is 28.9 Å². The van der Waals surface area contributed by atoms with Crippen molar-refractivity contribution in [3.05, 3.63) is 32.8 Å². The van der Waals surface area contributed by atoms with Gasteiger partial charge in [0.15, 0.2) is 5.75 Å². The predicted octanol–water partition coefficient (Wildman–Crippen LogP) is 3.51. The number of hydrogen-bond donors (Lipinski definition) is 0. The number of nitrogens with zero attached hydrogens (tertiary/aromatic N) is 2. The molecule has 1 aromatic heterocycles. The summed E-state index contributed by atoms with van der Waals surface area (Å²) in [5.74, 6) is 0.376. The van der Waals surface area contributed by atoms with E-state index >= 15 is 0 Å². The number of methoxy groups -OCH3 is 1. The third kappa shape index (κ3) is 2.55. The number of ether oxygens (including phenoxy) is 1. The molecule has 4 nitrogen and oxygen atoms in total. The van der Waals surface area contributed by atoms with Gasteiger partial charge in [-0.05, 0) is 12.5 Å². The topological polar surface area (TPSA) is 44.1 Å². The zero-order chi connectivity index (χ0) is 14.0. The summed E-state index contributed by atoms with van der Waals surface area (Å²) in [5.41, 5.74) is 0.233. The van der Waals surface area contributed by atoms with Crippen LogP contribution in [0.1, 0.15) is 19.8 Å². The van der Waals surface area contributed by atoms with Crippen molar-refractivity contribution in [2.45, 2.75) is 26.3 Å². The van der Waals surface area contributed by atoms with Crippen LogP contribution in [-0.4, -0.2) is 16.7 Å². The fourth-order valence-corrected chi connectivity index (χ4v) is 2.53. The lowest BCUT2D eigenvalue weighted by Crippen LogP contribution is -2.21. The quantitative estimate of drug-likeness (QED) is 0.868. The van der Waals surface area contributed by atoms with E-state index in [1.807, 2.05) is 0 Å². The maximum Gasteiger partial charge on any atom is 0.262 e. The largest absolute Gasteiger partial charge is 0.493 e. The average Bonchev–Trinajstić information content (AvgIpc) is 2.37. The van der Waals surface area contributed by atoms with Crippen LogP contribution in [0.5, 0.6) is 5.75 Å². The molecular weight excluding hydrogens is 287 g/mol. The number of aryl methyl sites for hydroxylation is 1. The monoisotopic (exact) mass is 300 g/mol. The Balaban J connectivity index is 2.73. The molecule has 0 N–H and O–H groups in total. The zero-order valence-corrected chi connectivity index (χ0v) is 12.3. The molecule has 6 heteroatoms. The van der Waals surface area contributed by atoms with Gasteiger partial charge in [-0.15, -0.1) is 0 Å². The molecule has 0 unspecified atom stereocenters. The highest BCUT2D eigenvalue weighted by molar-refractivity contribution is 6.39. The number of unbranched alkanes of at least 4 members (excludes halogenated alkanes) is 1. The van der Waals surface area contributed by atoms with E-state index in [1.54, 1.807) is 4.57 Å². The van der Waals surface area contributed by atoms with Gasteiger partial charge in [-0.1, -0.05) is 36.5 Å².